The lowest BCUT2D eigenvalue weighted by Crippen LogP contribution is -2.50. The van der Waals surface area contributed by atoms with Crippen LogP contribution in [0.1, 0.15) is 28.2 Å². The molecule has 3 aromatic rings. The molecule has 2 aromatic heterocycles. The zero-order valence-electron chi connectivity index (χ0n) is 19.7. The largest absolute Gasteiger partial charge is 0.369 e. The lowest BCUT2D eigenvalue weighted by Gasteiger charge is -2.39. The average Bonchev–Trinajstić information content (AvgIpc) is 3.21. The van der Waals surface area contributed by atoms with Crippen molar-refractivity contribution in [2.75, 3.05) is 37.6 Å². The molecule has 3 heterocycles. The molecule has 1 unspecified atom stereocenters. The number of pyridine rings is 1. The van der Waals surface area contributed by atoms with Gasteiger partial charge in [-0.05, 0) is 50.1 Å². The molecule has 1 aliphatic carbocycles. The summed E-state index contributed by atoms with van der Waals surface area (Å²) in [7, 11) is 0. The number of nitrogens with zero attached hydrogens (tertiary/aromatic N) is 4. The van der Waals surface area contributed by atoms with Crippen LogP contribution in [0.4, 0.5) is 5.69 Å². The van der Waals surface area contributed by atoms with Crippen molar-refractivity contribution in [2.24, 2.45) is 0 Å². The van der Waals surface area contributed by atoms with E-state index >= 15 is 0 Å². The van der Waals surface area contributed by atoms with E-state index in [-0.39, 0.29) is 5.91 Å². The molecule has 0 saturated carbocycles. The highest BCUT2D eigenvalue weighted by Gasteiger charge is 2.23. The van der Waals surface area contributed by atoms with Crippen LogP contribution in [-0.4, -0.2) is 59.0 Å². The van der Waals surface area contributed by atoms with Crippen LogP contribution in [-0.2, 0) is 0 Å². The average molecular weight is 476 g/mol. The van der Waals surface area contributed by atoms with Gasteiger partial charge in [-0.1, -0.05) is 47.5 Å². The van der Waals surface area contributed by atoms with E-state index in [2.05, 4.69) is 69.5 Å². The number of fused-ring (bicyclic) bond motifs is 1. The molecule has 1 saturated heterocycles. The zero-order chi connectivity index (χ0) is 23.7. The topological polar surface area (TPSA) is 52.9 Å². The van der Waals surface area contributed by atoms with Crippen LogP contribution in [0.3, 0.4) is 0 Å². The molecule has 6 nitrogen and oxygen atoms in total. The van der Waals surface area contributed by atoms with Gasteiger partial charge in [-0.3, -0.25) is 14.1 Å². The number of anilines is 1. The fraction of sp³-hybridized carbons (Fsp3) is 0.333. The predicted molar refractivity (Wildman–Crippen MR) is 138 cm³/mol. The fourth-order valence-corrected chi connectivity index (χ4v) is 5.02. The number of halogens is 1. The van der Waals surface area contributed by atoms with Crippen LogP contribution in [0.5, 0.6) is 0 Å². The molecule has 1 atom stereocenters. The summed E-state index contributed by atoms with van der Waals surface area (Å²) in [4.78, 5) is 22.4. The van der Waals surface area contributed by atoms with Gasteiger partial charge in [-0.2, -0.15) is 0 Å². The Balaban J connectivity index is 1.14. The Bertz CT molecular complexity index is 1250. The minimum absolute atomic E-state index is 0.143. The number of carbonyl (C=O) groups excluding carboxylic acids is 1. The molecular formula is C27H30ClN5O. The van der Waals surface area contributed by atoms with Gasteiger partial charge in [0.2, 0.25) is 0 Å². The summed E-state index contributed by atoms with van der Waals surface area (Å²) in [6, 6.07) is 12.8. The number of aromatic nitrogens is 2. The van der Waals surface area contributed by atoms with Crippen molar-refractivity contribution in [3.63, 3.8) is 0 Å². The maximum atomic E-state index is 12.9. The molecule has 0 bridgehead atoms. The van der Waals surface area contributed by atoms with Crippen LogP contribution >= 0.6 is 11.6 Å². The maximum Gasteiger partial charge on any atom is 0.270 e. The van der Waals surface area contributed by atoms with Gasteiger partial charge in [0.25, 0.3) is 5.91 Å². The lowest BCUT2D eigenvalue weighted by molar-refractivity contribution is 0.0950. The summed E-state index contributed by atoms with van der Waals surface area (Å²) in [5.74, 6) is -0.143. The number of imidazole rings is 1. The summed E-state index contributed by atoms with van der Waals surface area (Å²) in [6.07, 6.45) is 9.46. The van der Waals surface area contributed by atoms with Crippen LogP contribution in [0.25, 0.3) is 5.65 Å². The van der Waals surface area contributed by atoms with Gasteiger partial charge in [0.05, 0.1) is 10.7 Å². The second kappa shape index (κ2) is 9.65. The molecule has 34 heavy (non-hydrogen) atoms. The summed E-state index contributed by atoms with van der Waals surface area (Å²) < 4.78 is 1.75. The van der Waals surface area contributed by atoms with E-state index in [0.717, 1.165) is 38.2 Å². The monoisotopic (exact) mass is 475 g/mol. The van der Waals surface area contributed by atoms with Gasteiger partial charge in [0, 0.05) is 50.6 Å². The van der Waals surface area contributed by atoms with Crippen LogP contribution in [0.2, 0.25) is 5.02 Å². The summed E-state index contributed by atoms with van der Waals surface area (Å²) >= 11 is 6.23. The molecule has 1 amide bonds. The molecular weight excluding hydrogens is 446 g/mol. The Kier molecular flexibility index (Phi) is 6.44. The first kappa shape index (κ1) is 22.7. The number of rotatable bonds is 5. The summed E-state index contributed by atoms with van der Waals surface area (Å²) in [5.41, 5.74) is 5.55. The van der Waals surface area contributed by atoms with Crippen molar-refractivity contribution in [1.29, 1.82) is 0 Å². The number of carbonyl (C=O) groups is 1. The normalized spacial score (nSPS) is 18.9. The third-order valence-electron chi connectivity index (χ3n) is 6.78. The maximum absolute atomic E-state index is 12.9. The highest BCUT2D eigenvalue weighted by atomic mass is 35.5. The van der Waals surface area contributed by atoms with Gasteiger partial charge in [0.15, 0.2) is 5.65 Å². The molecule has 0 radical (unpaired) electrons. The number of aryl methyl sites for hydroxylation is 2. The van der Waals surface area contributed by atoms with Crippen molar-refractivity contribution < 1.29 is 4.79 Å². The second-order valence-electron chi connectivity index (χ2n) is 9.08. The number of nitrogens with one attached hydrogen (secondary N) is 1. The van der Waals surface area contributed by atoms with Crippen LogP contribution in [0.15, 0.2) is 66.4 Å². The van der Waals surface area contributed by atoms with Crippen molar-refractivity contribution >= 4 is 28.8 Å². The van der Waals surface area contributed by atoms with Gasteiger partial charge in [-0.25, -0.2) is 4.98 Å². The van der Waals surface area contributed by atoms with E-state index < -0.39 is 0 Å². The predicted octanol–water partition coefficient (Wildman–Crippen LogP) is 4.41. The summed E-state index contributed by atoms with van der Waals surface area (Å²) in [6.45, 7) is 8.65. The van der Waals surface area contributed by atoms with E-state index in [0.29, 0.717) is 34.6 Å². The van der Waals surface area contributed by atoms with Crippen molar-refractivity contribution in [3.8, 4) is 0 Å². The Morgan fingerprint density at radius 2 is 1.88 bits per heavy atom. The molecule has 1 aromatic carbocycles. The van der Waals surface area contributed by atoms with Crippen molar-refractivity contribution in [1.82, 2.24) is 19.6 Å². The van der Waals surface area contributed by atoms with Crippen LogP contribution in [0, 0.1) is 13.8 Å². The van der Waals surface area contributed by atoms with E-state index in [4.69, 9.17) is 11.6 Å². The molecule has 1 fully saturated rings. The first-order chi connectivity index (χ1) is 16.5. The molecule has 0 spiro atoms. The van der Waals surface area contributed by atoms with E-state index in [1.165, 1.54) is 11.3 Å². The zero-order valence-corrected chi connectivity index (χ0v) is 20.4. The molecule has 7 heteroatoms. The van der Waals surface area contributed by atoms with Gasteiger partial charge >= 0.3 is 0 Å². The molecule has 1 N–H and O–H groups in total. The van der Waals surface area contributed by atoms with E-state index in [1.807, 2.05) is 19.2 Å². The minimum atomic E-state index is -0.143. The number of benzene rings is 1. The van der Waals surface area contributed by atoms with Crippen LogP contribution < -0.4 is 10.2 Å². The Hall–Kier alpha value is -3.09. The first-order valence-corrected chi connectivity index (χ1v) is 12.2. The van der Waals surface area contributed by atoms with E-state index in [1.54, 1.807) is 10.5 Å². The summed E-state index contributed by atoms with van der Waals surface area (Å²) in [5, 5.41) is 3.58. The smallest absolute Gasteiger partial charge is 0.270 e. The molecule has 2 aliphatic rings. The molecule has 176 valence electrons. The SMILES string of the molecule is Cc1ccc(N2CCN(C3C=CC(CNC(=O)c4c(C)nc5c(Cl)cccn45)=CC3)CC2)cc1. The highest BCUT2D eigenvalue weighted by molar-refractivity contribution is 6.33. The highest BCUT2D eigenvalue weighted by Crippen LogP contribution is 2.22. The first-order valence-electron chi connectivity index (χ1n) is 11.8. The number of piperazine rings is 1. The number of hydrogen-bond acceptors (Lipinski definition) is 4. The third-order valence-corrected chi connectivity index (χ3v) is 7.08. The Morgan fingerprint density at radius 1 is 1.12 bits per heavy atom. The third kappa shape index (κ3) is 4.61. The minimum Gasteiger partial charge on any atom is -0.369 e. The quantitative estimate of drug-likeness (QED) is 0.593. The molecule has 5 rings (SSSR count). The van der Waals surface area contributed by atoms with Gasteiger partial charge < -0.3 is 10.2 Å². The van der Waals surface area contributed by atoms with E-state index in [9.17, 15) is 4.79 Å². The number of hydrogen-bond donors (Lipinski definition) is 1. The Morgan fingerprint density at radius 3 is 2.59 bits per heavy atom. The van der Waals surface area contributed by atoms with Crippen molar-refractivity contribution in [2.45, 2.75) is 26.3 Å². The van der Waals surface area contributed by atoms with Gasteiger partial charge in [0.1, 0.15) is 5.69 Å². The lowest BCUT2D eigenvalue weighted by atomic mass is 10.0. The standard InChI is InChI=1S/C27H30ClN5O/c1-19-5-9-22(10-6-19)31-14-16-32(17-15-31)23-11-7-21(8-12-23)18-29-27(34)25-20(2)30-26-24(28)4-3-13-33(25)26/h3-11,13,23H,12,14-18H2,1-2H3,(H,29,34). The van der Waals surface area contributed by atoms with Gasteiger partial charge in [-0.15, -0.1) is 0 Å². The fourth-order valence-electron chi connectivity index (χ4n) is 4.81. The Labute approximate surface area is 205 Å². The number of amides is 1. The second-order valence-corrected chi connectivity index (χ2v) is 9.49. The molecule has 1 aliphatic heterocycles. The van der Waals surface area contributed by atoms with Crippen molar-refractivity contribution in [3.05, 3.63) is 88.4 Å².